The normalized spacial score (nSPS) is 10.4. The zero-order chi connectivity index (χ0) is 11.8. The van der Waals surface area contributed by atoms with E-state index >= 15 is 0 Å². The van der Waals surface area contributed by atoms with Gasteiger partial charge in [0.15, 0.2) is 0 Å². The third-order valence-electron chi connectivity index (χ3n) is 2.23. The van der Waals surface area contributed by atoms with Crippen LogP contribution in [0, 0.1) is 0 Å². The van der Waals surface area contributed by atoms with Crippen LogP contribution in [0.5, 0.6) is 0 Å². The molecule has 0 unspecified atom stereocenters. The fourth-order valence-corrected chi connectivity index (χ4v) is 1.66. The van der Waals surface area contributed by atoms with Crippen molar-refractivity contribution in [3.05, 3.63) is 35.9 Å². The molecule has 0 N–H and O–H groups in total. The first-order chi connectivity index (χ1) is 7.76. The standard InChI is InChI=1S/C12H16ClNO2/c1-16-12(15)10-14(8-7-13)9-11-5-3-2-4-6-11/h2-6H,7-10H2,1H3. The number of carbonyl (C=O) groups excluding carboxylic acids is 1. The van der Waals surface area contributed by atoms with Gasteiger partial charge in [-0.15, -0.1) is 11.6 Å². The Bertz CT molecular complexity index is 316. The van der Waals surface area contributed by atoms with Crippen molar-refractivity contribution >= 4 is 17.6 Å². The molecule has 0 aliphatic heterocycles. The van der Waals surface area contributed by atoms with Crippen LogP contribution >= 0.6 is 11.6 Å². The zero-order valence-corrected chi connectivity index (χ0v) is 10.1. The molecule has 0 aromatic heterocycles. The number of alkyl halides is 1. The summed E-state index contributed by atoms with van der Waals surface area (Å²) in [5, 5.41) is 0. The predicted octanol–water partition coefficient (Wildman–Crippen LogP) is 1.90. The van der Waals surface area contributed by atoms with E-state index in [-0.39, 0.29) is 12.5 Å². The lowest BCUT2D eigenvalue weighted by molar-refractivity contribution is -0.142. The maximum absolute atomic E-state index is 11.2. The third-order valence-corrected chi connectivity index (χ3v) is 2.40. The molecule has 1 aromatic rings. The Morgan fingerprint density at radius 3 is 2.62 bits per heavy atom. The Morgan fingerprint density at radius 1 is 1.38 bits per heavy atom. The lowest BCUT2D eigenvalue weighted by atomic mass is 10.2. The third kappa shape index (κ3) is 4.64. The summed E-state index contributed by atoms with van der Waals surface area (Å²) in [5.74, 6) is 0.269. The number of benzene rings is 1. The van der Waals surface area contributed by atoms with E-state index in [1.807, 2.05) is 35.2 Å². The van der Waals surface area contributed by atoms with Crippen LogP contribution in [-0.2, 0) is 16.1 Å². The molecule has 0 aliphatic rings. The smallest absolute Gasteiger partial charge is 0.319 e. The monoisotopic (exact) mass is 241 g/mol. The maximum atomic E-state index is 11.2. The number of hydrogen-bond donors (Lipinski definition) is 0. The highest BCUT2D eigenvalue weighted by atomic mass is 35.5. The molecule has 3 nitrogen and oxygen atoms in total. The van der Waals surface area contributed by atoms with E-state index < -0.39 is 0 Å². The molecular weight excluding hydrogens is 226 g/mol. The Morgan fingerprint density at radius 2 is 2.06 bits per heavy atom. The van der Waals surface area contributed by atoms with Crippen molar-refractivity contribution in [3.63, 3.8) is 0 Å². The van der Waals surface area contributed by atoms with E-state index in [0.29, 0.717) is 19.0 Å². The summed E-state index contributed by atoms with van der Waals surface area (Å²) < 4.78 is 4.64. The molecule has 0 heterocycles. The fraction of sp³-hybridized carbons (Fsp3) is 0.417. The minimum atomic E-state index is -0.235. The number of methoxy groups -OCH3 is 1. The van der Waals surface area contributed by atoms with Gasteiger partial charge in [0.1, 0.15) is 0 Å². The van der Waals surface area contributed by atoms with Gasteiger partial charge in [0.05, 0.1) is 13.7 Å². The van der Waals surface area contributed by atoms with Gasteiger partial charge in [-0.25, -0.2) is 0 Å². The molecule has 0 radical (unpaired) electrons. The molecule has 1 aromatic carbocycles. The molecular formula is C12H16ClNO2. The number of hydrogen-bond acceptors (Lipinski definition) is 3. The second-order valence-corrected chi connectivity index (χ2v) is 3.84. The SMILES string of the molecule is COC(=O)CN(CCCl)Cc1ccccc1. The minimum Gasteiger partial charge on any atom is -0.468 e. The van der Waals surface area contributed by atoms with Gasteiger partial charge >= 0.3 is 5.97 Å². The highest BCUT2D eigenvalue weighted by molar-refractivity contribution is 6.18. The summed E-state index contributed by atoms with van der Waals surface area (Å²) in [6, 6.07) is 9.98. The summed E-state index contributed by atoms with van der Waals surface area (Å²) in [5.41, 5.74) is 1.16. The van der Waals surface area contributed by atoms with Gasteiger partial charge in [-0.1, -0.05) is 30.3 Å². The number of nitrogens with zero attached hydrogens (tertiary/aromatic N) is 1. The van der Waals surface area contributed by atoms with Crippen molar-refractivity contribution in [3.8, 4) is 0 Å². The summed E-state index contributed by atoms with van der Waals surface area (Å²) in [6.07, 6.45) is 0. The van der Waals surface area contributed by atoms with Crippen LogP contribution in [-0.4, -0.2) is 36.9 Å². The molecule has 0 bridgehead atoms. The number of carbonyl (C=O) groups is 1. The molecule has 0 atom stereocenters. The lowest BCUT2D eigenvalue weighted by Gasteiger charge is -2.19. The topological polar surface area (TPSA) is 29.5 Å². The fourth-order valence-electron chi connectivity index (χ4n) is 1.42. The zero-order valence-electron chi connectivity index (χ0n) is 9.36. The van der Waals surface area contributed by atoms with Crippen LogP contribution in [0.3, 0.4) is 0 Å². The van der Waals surface area contributed by atoms with Gasteiger partial charge in [-0.2, -0.15) is 0 Å². The van der Waals surface area contributed by atoms with Gasteiger partial charge < -0.3 is 4.74 Å². The summed E-state index contributed by atoms with van der Waals surface area (Å²) in [6.45, 7) is 1.66. The number of halogens is 1. The van der Waals surface area contributed by atoms with Crippen LogP contribution in [0.2, 0.25) is 0 Å². The maximum Gasteiger partial charge on any atom is 0.319 e. The van der Waals surface area contributed by atoms with Gasteiger partial charge in [0, 0.05) is 19.0 Å². The van der Waals surface area contributed by atoms with Crippen LogP contribution in [0.4, 0.5) is 0 Å². The molecule has 0 amide bonds. The number of esters is 1. The van der Waals surface area contributed by atoms with Crippen molar-refractivity contribution in [1.29, 1.82) is 0 Å². The summed E-state index contributed by atoms with van der Waals surface area (Å²) >= 11 is 5.70. The molecule has 0 saturated heterocycles. The first-order valence-corrected chi connectivity index (χ1v) is 5.68. The number of ether oxygens (including phenoxy) is 1. The highest BCUT2D eigenvalue weighted by Crippen LogP contribution is 2.04. The second kappa shape index (κ2) is 7.25. The van der Waals surface area contributed by atoms with Crippen molar-refractivity contribution in [2.24, 2.45) is 0 Å². The lowest BCUT2D eigenvalue weighted by Crippen LogP contribution is -2.31. The molecule has 0 fully saturated rings. The molecule has 16 heavy (non-hydrogen) atoms. The largest absolute Gasteiger partial charge is 0.468 e. The molecule has 0 spiro atoms. The quantitative estimate of drug-likeness (QED) is 0.563. The van der Waals surface area contributed by atoms with Crippen LogP contribution in [0.15, 0.2) is 30.3 Å². The van der Waals surface area contributed by atoms with Crippen LogP contribution in [0.1, 0.15) is 5.56 Å². The predicted molar refractivity (Wildman–Crippen MR) is 64.5 cm³/mol. The summed E-state index contributed by atoms with van der Waals surface area (Å²) in [7, 11) is 1.39. The van der Waals surface area contributed by atoms with Gasteiger partial charge in [0.2, 0.25) is 0 Å². The molecule has 0 saturated carbocycles. The van der Waals surface area contributed by atoms with Crippen molar-refractivity contribution < 1.29 is 9.53 Å². The van der Waals surface area contributed by atoms with Crippen molar-refractivity contribution in [2.45, 2.75) is 6.54 Å². The van der Waals surface area contributed by atoms with E-state index in [2.05, 4.69) is 4.74 Å². The molecule has 4 heteroatoms. The Hall–Kier alpha value is -1.06. The highest BCUT2D eigenvalue weighted by Gasteiger charge is 2.10. The van der Waals surface area contributed by atoms with Crippen LogP contribution < -0.4 is 0 Å². The number of rotatable bonds is 6. The van der Waals surface area contributed by atoms with E-state index in [9.17, 15) is 4.79 Å². The molecule has 88 valence electrons. The van der Waals surface area contributed by atoms with Crippen molar-refractivity contribution in [1.82, 2.24) is 4.90 Å². The Labute approximate surface area is 101 Å². The first kappa shape index (κ1) is 13.0. The second-order valence-electron chi connectivity index (χ2n) is 3.46. The average Bonchev–Trinajstić information content (AvgIpc) is 2.30. The first-order valence-electron chi connectivity index (χ1n) is 5.15. The van der Waals surface area contributed by atoms with Gasteiger partial charge in [-0.3, -0.25) is 9.69 Å². The van der Waals surface area contributed by atoms with Gasteiger partial charge in [0.25, 0.3) is 0 Å². The Kier molecular flexibility index (Phi) is 5.90. The van der Waals surface area contributed by atoms with E-state index in [4.69, 9.17) is 11.6 Å². The van der Waals surface area contributed by atoms with Gasteiger partial charge in [-0.05, 0) is 5.56 Å². The van der Waals surface area contributed by atoms with E-state index in [1.54, 1.807) is 0 Å². The van der Waals surface area contributed by atoms with Crippen molar-refractivity contribution in [2.75, 3.05) is 26.1 Å². The minimum absolute atomic E-state index is 0.235. The van der Waals surface area contributed by atoms with E-state index in [1.165, 1.54) is 7.11 Å². The van der Waals surface area contributed by atoms with E-state index in [0.717, 1.165) is 5.56 Å². The molecule has 0 aliphatic carbocycles. The Balaban J connectivity index is 2.54. The molecule has 1 rings (SSSR count). The average molecular weight is 242 g/mol. The van der Waals surface area contributed by atoms with Crippen LogP contribution in [0.25, 0.3) is 0 Å². The summed E-state index contributed by atoms with van der Waals surface area (Å²) in [4.78, 5) is 13.1.